The Labute approximate surface area is 96.6 Å². The molecule has 5 heteroatoms. The van der Waals surface area contributed by atoms with Crippen molar-refractivity contribution in [3.63, 3.8) is 0 Å². The Bertz CT molecular complexity index is 205. The van der Waals surface area contributed by atoms with Gasteiger partial charge in [0.1, 0.15) is 0 Å². The zero-order chi connectivity index (χ0) is 11.8. The Morgan fingerprint density at radius 2 is 2.50 bits per heavy atom. The molecule has 0 aromatic rings. The van der Waals surface area contributed by atoms with Crippen LogP contribution in [0.1, 0.15) is 19.3 Å². The van der Waals surface area contributed by atoms with Crippen LogP contribution in [0.5, 0.6) is 0 Å². The minimum absolute atomic E-state index is 0.0910. The number of nitrogens with one attached hydrogen (secondary N) is 2. The zero-order valence-electron chi connectivity index (χ0n) is 9.87. The highest BCUT2D eigenvalue weighted by Crippen LogP contribution is 2.09. The van der Waals surface area contributed by atoms with E-state index in [1.165, 1.54) is 0 Å². The second-order valence-corrected chi connectivity index (χ2v) is 4.23. The highest BCUT2D eigenvalue weighted by molar-refractivity contribution is 5.78. The summed E-state index contributed by atoms with van der Waals surface area (Å²) in [6, 6.07) is 0. The molecule has 1 aliphatic rings. The Kier molecular flexibility index (Phi) is 6.37. The second-order valence-electron chi connectivity index (χ2n) is 4.23. The normalized spacial score (nSPS) is 22.8. The van der Waals surface area contributed by atoms with Crippen molar-refractivity contribution in [2.75, 3.05) is 33.4 Å². The molecule has 1 aliphatic heterocycles. The SMILES string of the molecule is COCC(O)CCNC(=O)[C@H]1CCCNC1. The van der Waals surface area contributed by atoms with Gasteiger partial charge in [-0.05, 0) is 25.8 Å². The number of hydrogen-bond acceptors (Lipinski definition) is 4. The molecule has 16 heavy (non-hydrogen) atoms. The summed E-state index contributed by atoms with van der Waals surface area (Å²) in [4.78, 5) is 11.7. The Hall–Kier alpha value is -0.650. The number of aliphatic hydroxyl groups excluding tert-OH is 1. The minimum Gasteiger partial charge on any atom is -0.391 e. The molecular weight excluding hydrogens is 208 g/mol. The summed E-state index contributed by atoms with van der Waals surface area (Å²) in [6.07, 6.45) is 2.07. The molecule has 1 unspecified atom stereocenters. The average molecular weight is 230 g/mol. The molecule has 0 aromatic carbocycles. The number of carbonyl (C=O) groups excluding carboxylic acids is 1. The Balaban J connectivity index is 2.09. The molecule has 1 amide bonds. The molecule has 0 aromatic heterocycles. The van der Waals surface area contributed by atoms with Crippen LogP contribution in [0, 0.1) is 5.92 Å². The Morgan fingerprint density at radius 1 is 1.69 bits per heavy atom. The van der Waals surface area contributed by atoms with Gasteiger partial charge in [-0.2, -0.15) is 0 Å². The lowest BCUT2D eigenvalue weighted by molar-refractivity contribution is -0.125. The summed E-state index contributed by atoms with van der Waals surface area (Å²) >= 11 is 0. The van der Waals surface area contributed by atoms with E-state index in [1.807, 2.05) is 0 Å². The smallest absolute Gasteiger partial charge is 0.224 e. The Morgan fingerprint density at radius 3 is 3.12 bits per heavy atom. The first kappa shape index (κ1) is 13.4. The molecule has 94 valence electrons. The van der Waals surface area contributed by atoms with Gasteiger partial charge in [-0.25, -0.2) is 0 Å². The number of amides is 1. The quantitative estimate of drug-likeness (QED) is 0.575. The molecule has 1 rings (SSSR count). The van der Waals surface area contributed by atoms with Crippen molar-refractivity contribution in [3.8, 4) is 0 Å². The van der Waals surface area contributed by atoms with Crippen molar-refractivity contribution in [1.29, 1.82) is 0 Å². The van der Waals surface area contributed by atoms with Crippen molar-refractivity contribution in [2.24, 2.45) is 5.92 Å². The van der Waals surface area contributed by atoms with Crippen LogP contribution in [0.25, 0.3) is 0 Å². The van der Waals surface area contributed by atoms with E-state index in [9.17, 15) is 9.90 Å². The predicted molar refractivity (Wildman–Crippen MR) is 61.1 cm³/mol. The lowest BCUT2D eigenvalue weighted by Crippen LogP contribution is -2.41. The van der Waals surface area contributed by atoms with Crippen LogP contribution >= 0.6 is 0 Å². The topological polar surface area (TPSA) is 70.6 Å². The van der Waals surface area contributed by atoms with E-state index in [0.717, 1.165) is 25.9 Å². The van der Waals surface area contributed by atoms with Gasteiger partial charge < -0.3 is 20.5 Å². The van der Waals surface area contributed by atoms with Crippen LogP contribution in [0.3, 0.4) is 0 Å². The van der Waals surface area contributed by atoms with E-state index < -0.39 is 6.10 Å². The van der Waals surface area contributed by atoms with Gasteiger partial charge in [0.05, 0.1) is 18.6 Å². The number of piperidine rings is 1. The number of ether oxygens (including phenoxy) is 1. The van der Waals surface area contributed by atoms with Crippen LogP contribution in [0.2, 0.25) is 0 Å². The van der Waals surface area contributed by atoms with Crippen LogP contribution in [0.15, 0.2) is 0 Å². The van der Waals surface area contributed by atoms with Crippen LogP contribution in [-0.2, 0) is 9.53 Å². The second kappa shape index (κ2) is 7.60. The van der Waals surface area contributed by atoms with Crippen LogP contribution in [0.4, 0.5) is 0 Å². The number of carbonyl (C=O) groups is 1. The van der Waals surface area contributed by atoms with E-state index in [1.54, 1.807) is 7.11 Å². The van der Waals surface area contributed by atoms with Gasteiger partial charge in [-0.3, -0.25) is 4.79 Å². The summed E-state index contributed by atoms with van der Waals surface area (Å²) in [5.74, 6) is 0.185. The monoisotopic (exact) mass is 230 g/mol. The first-order valence-corrected chi connectivity index (χ1v) is 5.89. The molecule has 0 aliphatic carbocycles. The van der Waals surface area contributed by atoms with Gasteiger partial charge in [-0.15, -0.1) is 0 Å². The summed E-state index contributed by atoms with van der Waals surface area (Å²) in [5.41, 5.74) is 0. The average Bonchev–Trinajstić information content (AvgIpc) is 2.30. The molecule has 1 heterocycles. The van der Waals surface area contributed by atoms with E-state index in [2.05, 4.69) is 10.6 Å². The molecule has 5 nitrogen and oxygen atoms in total. The highest BCUT2D eigenvalue weighted by atomic mass is 16.5. The van der Waals surface area contributed by atoms with E-state index in [-0.39, 0.29) is 11.8 Å². The maximum absolute atomic E-state index is 11.7. The van der Waals surface area contributed by atoms with Crippen LogP contribution in [-0.4, -0.2) is 50.5 Å². The molecule has 0 spiro atoms. The minimum atomic E-state index is -0.491. The van der Waals surface area contributed by atoms with Crippen LogP contribution < -0.4 is 10.6 Å². The van der Waals surface area contributed by atoms with Crippen molar-refractivity contribution in [1.82, 2.24) is 10.6 Å². The summed E-state index contributed by atoms with van der Waals surface area (Å²) in [5, 5.41) is 15.4. The van der Waals surface area contributed by atoms with Crippen molar-refractivity contribution < 1.29 is 14.6 Å². The van der Waals surface area contributed by atoms with Gasteiger partial charge in [-0.1, -0.05) is 0 Å². The third-order valence-corrected chi connectivity index (χ3v) is 2.80. The molecule has 1 fully saturated rings. The molecule has 0 saturated carbocycles. The fourth-order valence-corrected chi connectivity index (χ4v) is 1.86. The van der Waals surface area contributed by atoms with Crippen molar-refractivity contribution >= 4 is 5.91 Å². The van der Waals surface area contributed by atoms with Gasteiger partial charge in [0.2, 0.25) is 5.91 Å². The molecule has 0 radical (unpaired) electrons. The molecule has 3 N–H and O–H groups in total. The number of aliphatic hydroxyl groups is 1. The van der Waals surface area contributed by atoms with E-state index in [4.69, 9.17) is 4.74 Å². The fraction of sp³-hybridized carbons (Fsp3) is 0.909. The highest BCUT2D eigenvalue weighted by Gasteiger charge is 2.20. The first-order valence-electron chi connectivity index (χ1n) is 5.89. The molecule has 1 saturated heterocycles. The molecule has 0 bridgehead atoms. The third kappa shape index (κ3) is 4.92. The van der Waals surface area contributed by atoms with E-state index >= 15 is 0 Å². The fourth-order valence-electron chi connectivity index (χ4n) is 1.86. The maximum atomic E-state index is 11.7. The summed E-state index contributed by atoms with van der Waals surface area (Å²) < 4.78 is 4.80. The predicted octanol–water partition coefficient (Wildman–Crippen LogP) is -0.500. The van der Waals surface area contributed by atoms with E-state index in [0.29, 0.717) is 19.6 Å². The van der Waals surface area contributed by atoms with Gasteiger partial charge >= 0.3 is 0 Å². The molecule has 2 atom stereocenters. The van der Waals surface area contributed by atoms with Crippen molar-refractivity contribution in [3.05, 3.63) is 0 Å². The maximum Gasteiger partial charge on any atom is 0.224 e. The van der Waals surface area contributed by atoms with Crippen molar-refractivity contribution in [2.45, 2.75) is 25.4 Å². The number of methoxy groups -OCH3 is 1. The summed E-state index contributed by atoms with van der Waals surface area (Å²) in [6.45, 7) is 2.61. The first-order chi connectivity index (χ1) is 7.74. The lowest BCUT2D eigenvalue weighted by atomic mass is 9.99. The van der Waals surface area contributed by atoms with Gasteiger partial charge in [0, 0.05) is 20.2 Å². The standard InChI is InChI=1S/C11H22N2O3/c1-16-8-10(14)4-6-13-11(15)9-3-2-5-12-7-9/h9-10,12,14H,2-8H2,1H3,(H,13,15)/t9-,10?/m0/s1. The lowest BCUT2D eigenvalue weighted by Gasteiger charge is -2.22. The summed E-state index contributed by atoms with van der Waals surface area (Å²) in [7, 11) is 1.55. The number of rotatable bonds is 6. The third-order valence-electron chi connectivity index (χ3n) is 2.80. The number of hydrogen-bond donors (Lipinski definition) is 3. The molecular formula is C11H22N2O3. The van der Waals surface area contributed by atoms with Gasteiger partial charge in [0.15, 0.2) is 0 Å². The van der Waals surface area contributed by atoms with Gasteiger partial charge in [0.25, 0.3) is 0 Å². The largest absolute Gasteiger partial charge is 0.391 e. The zero-order valence-corrected chi connectivity index (χ0v) is 9.87.